The first kappa shape index (κ1) is 14.0. The smallest absolute Gasteiger partial charge is 0.235 e. The molecule has 1 aliphatic rings. The van der Waals surface area contributed by atoms with Crippen LogP contribution in [-0.2, 0) is 4.79 Å². The first-order valence-corrected chi connectivity index (χ1v) is 6.19. The second-order valence-corrected chi connectivity index (χ2v) is 5.24. The summed E-state index contributed by atoms with van der Waals surface area (Å²) in [6.07, 6.45) is 3.56. The summed E-state index contributed by atoms with van der Waals surface area (Å²) in [4.78, 5) is 11.3. The van der Waals surface area contributed by atoms with Gasteiger partial charge in [-0.1, -0.05) is 11.2 Å². The Balaban J connectivity index is 2.77. The summed E-state index contributed by atoms with van der Waals surface area (Å²) in [6, 6.07) is 0. The SMILES string of the molecule is CC1=CCC(C(C)(C)NC(=O)CCl)C/C1=N/O. The van der Waals surface area contributed by atoms with Crippen LogP contribution in [0.5, 0.6) is 0 Å². The zero-order valence-corrected chi connectivity index (χ0v) is 11.2. The summed E-state index contributed by atoms with van der Waals surface area (Å²) in [5.41, 5.74) is 1.33. The average Bonchev–Trinajstić information content (AvgIpc) is 2.28. The van der Waals surface area contributed by atoms with Crippen molar-refractivity contribution in [2.45, 2.75) is 39.2 Å². The minimum Gasteiger partial charge on any atom is -0.411 e. The fourth-order valence-electron chi connectivity index (χ4n) is 2.08. The zero-order chi connectivity index (χ0) is 13.1. The van der Waals surface area contributed by atoms with Crippen LogP contribution in [0.3, 0.4) is 0 Å². The maximum atomic E-state index is 11.3. The van der Waals surface area contributed by atoms with Crippen molar-refractivity contribution in [1.82, 2.24) is 5.32 Å². The van der Waals surface area contributed by atoms with Crippen LogP contribution in [0.2, 0.25) is 0 Å². The normalized spacial score (nSPS) is 23.4. The zero-order valence-electron chi connectivity index (χ0n) is 10.5. The van der Waals surface area contributed by atoms with E-state index in [1.165, 1.54) is 0 Å². The monoisotopic (exact) mass is 258 g/mol. The fraction of sp³-hybridized carbons (Fsp3) is 0.667. The number of nitrogens with one attached hydrogen (secondary N) is 1. The Morgan fingerprint density at radius 2 is 2.35 bits per heavy atom. The van der Waals surface area contributed by atoms with Crippen LogP contribution >= 0.6 is 11.6 Å². The molecule has 4 nitrogen and oxygen atoms in total. The maximum absolute atomic E-state index is 11.3. The van der Waals surface area contributed by atoms with Gasteiger partial charge in [-0.15, -0.1) is 11.6 Å². The molecule has 0 aliphatic heterocycles. The van der Waals surface area contributed by atoms with E-state index in [-0.39, 0.29) is 23.2 Å². The highest BCUT2D eigenvalue weighted by molar-refractivity contribution is 6.27. The van der Waals surface area contributed by atoms with Gasteiger partial charge in [0.2, 0.25) is 5.91 Å². The Labute approximate surface area is 107 Å². The topological polar surface area (TPSA) is 61.7 Å². The number of amides is 1. The molecule has 0 heterocycles. The van der Waals surface area contributed by atoms with Crippen molar-refractivity contribution in [3.05, 3.63) is 11.6 Å². The molecule has 0 aromatic heterocycles. The molecule has 1 aliphatic carbocycles. The van der Waals surface area contributed by atoms with E-state index < -0.39 is 0 Å². The highest BCUT2D eigenvalue weighted by Gasteiger charge is 2.33. The Hall–Kier alpha value is -1.03. The average molecular weight is 259 g/mol. The van der Waals surface area contributed by atoms with E-state index in [1.807, 2.05) is 26.8 Å². The number of carbonyl (C=O) groups is 1. The molecule has 0 saturated carbocycles. The van der Waals surface area contributed by atoms with E-state index in [2.05, 4.69) is 10.5 Å². The van der Waals surface area contributed by atoms with Crippen LogP contribution in [0.15, 0.2) is 16.8 Å². The summed E-state index contributed by atoms with van der Waals surface area (Å²) in [7, 11) is 0. The lowest BCUT2D eigenvalue weighted by Gasteiger charge is -2.36. The first-order chi connectivity index (χ1) is 7.90. The highest BCUT2D eigenvalue weighted by Crippen LogP contribution is 2.30. The number of halogens is 1. The second kappa shape index (κ2) is 5.54. The van der Waals surface area contributed by atoms with E-state index in [0.29, 0.717) is 12.1 Å². The molecule has 1 amide bonds. The predicted molar refractivity (Wildman–Crippen MR) is 68.6 cm³/mol. The van der Waals surface area contributed by atoms with Gasteiger partial charge in [0.05, 0.1) is 5.71 Å². The van der Waals surface area contributed by atoms with Crippen molar-refractivity contribution in [3.8, 4) is 0 Å². The van der Waals surface area contributed by atoms with Crippen molar-refractivity contribution in [3.63, 3.8) is 0 Å². The lowest BCUT2D eigenvalue weighted by molar-refractivity contribution is -0.120. The van der Waals surface area contributed by atoms with Gasteiger partial charge in [0, 0.05) is 5.54 Å². The van der Waals surface area contributed by atoms with E-state index in [0.717, 1.165) is 12.0 Å². The van der Waals surface area contributed by atoms with E-state index in [1.54, 1.807) is 0 Å². The van der Waals surface area contributed by atoms with Gasteiger partial charge >= 0.3 is 0 Å². The molecule has 0 spiro atoms. The fourth-order valence-corrected chi connectivity index (χ4v) is 2.15. The van der Waals surface area contributed by atoms with Gasteiger partial charge in [0.25, 0.3) is 0 Å². The Bertz CT molecular complexity index is 362. The molecule has 0 aromatic rings. The third kappa shape index (κ3) is 3.46. The lowest BCUT2D eigenvalue weighted by Crippen LogP contribution is -2.50. The number of oxime groups is 1. The molecule has 96 valence electrons. The number of hydrogen-bond donors (Lipinski definition) is 2. The van der Waals surface area contributed by atoms with Crippen LogP contribution in [0.4, 0.5) is 0 Å². The van der Waals surface area contributed by atoms with Crippen LogP contribution in [-0.4, -0.2) is 28.2 Å². The molecule has 0 saturated heterocycles. The molecule has 17 heavy (non-hydrogen) atoms. The van der Waals surface area contributed by atoms with Crippen molar-refractivity contribution >= 4 is 23.2 Å². The number of rotatable bonds is 3. The molecule has 2 N–H and O–H groups in total. The van der Waals surface area contributed by atoms with Gasteiger partial charge in [-0.05, 0) is 45.1 Å². The summed E-state index contributed by atoms with van der Waals surface area (Å²) in [6.45, 7) is 5.85. The van der Waals surface area contributed by atoms with E-state index >= 15 is 0 Å². The quantitative estimate of drug-likeness (QED) is 0.464. The third-order valence-electron chi connectivity index (χ3n) is 3.33. The van der Waals surface area contributed by atoms with E-state index in [4.69, 9.17) is 16.8 Å². The number of alkyl halides is 1. The van der Waals surface area contributed by atoms with Crippen LogP contribution in [0, 0.1) is 5.92 Å². The molecule has 1 unspecified atom stereocenters. The van der Waals surface area contributed by atoms with Gasteiger partial charge < -0.3 is 10.5 Å². The van der Waals surface area contributed by atoms with Gasteiger partial charge in [0.15, 0.2) is 0 Å². The minimum atomic E-state index is -0.362. The molecule has 1 rings (SSSR count). The minimum absolute atomic E-state index is 0.0358. The van der Waals surface area contributed by atoms with Crippen molar-refractivity contribution < 1.29 is 10.0 Å². The van der Waals surface area contributed by atoms with Crippen LogP contribution in [0.1, 0.15) is 33.6 Å². The van der Waals surface area contributed by atoms with Crippen molar-refractivity contribution in [2.75, 3.05) is 5.88 Å². The predicted octanol–water partition coefficient (Wildman–Crippen LogP) is 2.31. The molecule has 0 fully saturated rings. The second-order valence-electron chi connectivity index (χ2n) is 4.97. The van der Waals surface area contributed by atoms with Gasteiger partial charge in [0.1, 0.15) is 5.88 Å². The number of allylic oxidation sites excluding steroid dienone is 2. The number of nitrogens with zero attached hydrogens (tertiary/aromatic N) is 1. The van der Waals surface area contributed by atoms with Gasteiger partial charge in [-0.2, -0.15) is 0 Å². The summed E-state index contributed by atoms with van der Waals surface area (Å²) >= 11 is 5.49. The highest BCUT2D eigenvalue weighted by atomic mass is 35.5. The van der Waals surface area contributed by atoms with Gasteiger partial charge in [-0.25, -0.2) is 0 Å². The van der Waals surface area contributed by atoms with Gasteiger partial charge in [-0.3, -0.25) is 4.79 Å². The number of carbonyl (C=O) groups excluding carboxylic acids is 1. The molecule has 5 heteroatoms. The van der Waals surface area contributed by atoms with Crippen molar-refractivity contribution in [2.24, 2.45) is 11.1 Å². The molecule has 0 radical (unpaired) electrons. The van der Waals surface area contributed by atoms with Crippen LogP contribution < -0.4 is 5.32 Å². The molecule has 0 aromatic carbocycles. The molecular formula is C12H19ClN2O2. The first-order valence-electron chi connectivity index (χ1n) is 5.65. The Morgan fingerprint density at radius 3 is 2.88 bits per heavy atom. The Kier molecular flexibility index (Phi) is 4.57. The maximum Gasteiger partial charge on any atom is 0.235 e. The van der Waals surface area contributed by atoms with E-state index in [9.17, 15) is 4.79 Å². The molecule has 1 atom stereocenters. The van der Waals surface area contributed by atoms with Crippen molar-refractivity contribution in [1.29, 1.82) is 0 Å². The number of hydrogen-bond acceptors (Lipinski definition) is 3. The summed E-state index contributed by atoms with van der Waals surface area (Å²) in [5.74, 6) is 0.00100. The third-order valence-corrected chi connectivity index (χ3v) is 3.57. The van der Waals surface area contributed by atoms with Crippen LogP contribution in [0.25, 0.3) is 0 Å². The summed E-state index contributed by atoms with van der Waals surface area (Å²) < 4.78 is 0. The largest absolute Gasteiger partial charge is 0.411 e. The Morgan fingerprint density at radius 1 is 1.71 bits per heavy atom. The summed E-state index contributed by atoms with van der Waals surface area (Å²) in [5, 5.41) is 15.1. The lowest BCUT2D eigenvalue weighted by atomic mass is 9.76. The molecular weight excluding hydrogens is 240 g/mol. The standard InChI is InChI=1S/C12H19ClN2O2/c1-8-4-5-9(6-10(8)15-17)12(2,3)14-11(16)7-13/h4,9,17H,5-7H2,1-3H3,(H,14,16)/b15-10-. The molecule has 0 bridgehead atoms.